The summed E-state index contributed by atoms with van der Waals surface area (Å²) < 4.78 is 26.7. The van der Waals surface area contributed by atoms with Crippen LogP contribution in [-0.4, -0.2) is 60.8 Å². The third kappa shape index (κ3) is 4.64. The highest BCUT2D eigenvalue weighted by Crippen LogP contribution is 2.39. The van der Waals surface area contributed by atoms with Crippen molar-refractivity contribution in [3.63, 3.8) is 0 Å². The Hall–Kier alpha value is -2.64. The largest absolute Gasteiger partial charge is 0.493 e. The third-order valence-electron chi connectivity index (χ3n) is 7.96. The molecule has 188 valence electrons. The van der Waals surface area contributed by atoms with Gasteiger partial charge in [-0.25, -0.2) is 9.37 Å². The molecular weight excluding hydrogens is 443 g/mol. The first-order valence-electron chi connectivity index (χ1n) is 12.9. The third-order valence-corrected chi connectivity index (χ3v) is 7.96. The molecule has 2 aliphatic rings. The Balaban J connectivity index is 1.42. The van der Waals surface area contributed by atoms with Gasteiger partial charge in [0.1, 0.15) is 11.3 Å². The molecule has 0 saturated carbocycles. The van der Waals surface area contributed by atoms with Gasteiger partial charge >= 0.3 is 0 Å². The summed E-state index contributed by atoms with van der Waals surface area (Å²) in [5.41, 5.74) is 2.77. The van der Waals surface area contributed by atoms with Gasteiger partial charge in [-0.3, -0.25) is 4.90 Å². The Morgan fingerprint density at radius 1 is 1.03 bits per heavy atom. The molecule has 0 amide bonds. The molecule has 0 bridgehead atoms. The molecule has 35 heavy (non-hydrogen) atoms. The number of benzene rings is 2. The summed E-state index contributed by atoms with van der Waals surface area (Å²) in [6.07, 6.45) is 4.41. The van der Waals surface area contributed by atoms with Crippen molar-refractivity contribution >= 4 is 11.0 Å². The number of methoxy groups -OCH3 is 2. The van der Waals surface area contributed by atoms with E-state index in [0.717, 1.165) is 43.6 Å². The van der Waals surface area contributed by atoms with Gasteiger partial charge in [-0.1, -0.05) is 19.9 Å². The average molecular weight is 481 g/mol. The van der Waals surface area contributed by atoms with Gasteiger partial charge in [0.15, 0.2) is 17.3 Å². The molecule has 0 aliphatic carbocycles. The molecule has 5 rings (SSSR count). The van der Waals surface area contributed by atoms with E-state index in [1.807, 2.05) is 30.3 Å². The number of rotatable bonds is 6. The summed E-state index contributed by atoms with van der Waals surface area (Å²) >= 11 is 0. The lowest BCUT2D eigenvalue weighted by molar-refractivity contribution is 0.0426. The van der Waals surface area contributed by atoms with E-state index < -0.39 is 0 Å². The normalized spacial score (nSPS) is 22.1. The smallest absolute Gasteiger partial charge is 0.161 e. The van der Waals surface area contributed by atoms with Crippen molar-refractivity contribution in [3.05, 3.63) is 41.7 Å². The number of nitrogens with zero attached hydrogens (tertiary/aromatic N) is 2. The van der Waals surface area contributed by atoms with Gasteiger partial charge in [-0.2, -0.15) is 0 Å². The molecule has 3 aromatic rings. The Labute approximate surface area is 207 Å². The maximum absolute atomic E-state index is 15.9. The number of halogens is 1. The number of likely N-dealkylation sites (tertiary alicyclic amines) is 1. The van der Waals surface area contributed by atoms with Crippen LogP contribution >= 0.6 is 0 Å². The lowest BCUT2D eigenvalue weighted by atomic mass is 9.80. The first-order chi connectivity index (χ1) is 17.0. The second-order valence-corrected chi connectivity index (χ2v) is 10.3. The fourth-order valence-corrected chi connectivity index (χ4v) is 6.04. The molecule has 2 N–H and O–H groups in total. The zero-order valence-electron chi connectivity index (χ0n) is 21.2. The van der Waals surface area contributed by atoms with Crippen LogP contribution in [-0.2, 0) is 0 Å². The van der Waals surface area contributed by atoms with E-state index in [9.17, 15) is 0 Å². The number of imidazole rings is 1. The Morgan fingerprint density at radius 2 is 1.80 bits per heavy atom. The number of nitrogens with one attached hydrogen (secondary N) is 2. The maximum atomic E-state index is 15.9. The topological polar surface area (TPSA) is 62.4 Å². The lowest BCUT2D eigenvalue weighted by Gasteiger charge is -2.47. The second-order valence-electron chi connectivity index (χ2n) is 10.3. The van der Waals surface area contributed by atoms with Crippen molar-refractivity contribution in [2.24, 2.45) is 5.92 Å². The molecule has 1 unspecified atom stereocenters. The van der Waals surface area contributed by atoms with Crippen molar-refractivity contribution in [1.82, 2.24) is 20.2 Å². The number of ether oxygens (including phenoxy) is 2. The maximum Gasteiger partial charge on any atom is 0.161 e. The molecule has 7 heteroatoms. The van der Waals surface area contributed by atoms with E-state index in [4.69, 9.17) is 9.47 Å². The monoisotopic (exact) mass is 480 g/mol. The van der Waals surface area contributed by atoms with Crippen molar-refractivity contribution in [2.45, 2.75) is 57.5 Å². The molecule has 0 radical (unpaired) electrons. The highest BCUT2D eigenvalue weighted by molar-refractivity contribution is 5.81. The summed E-state index contributed by atoms with van der Waals surface area (Å²) in [5.74, 6) is 2.49. The molecule has 2 fully saturated rings. The van der Waals surface area contributed by atoms with Gasteiger partial charge in [0.2, 0.25) is 0 Å². The molecule has 6 nitrogen and oxygen atoms in total. The number of H-pyrrole nitrogens is 1. The summed E-state index contributed by atoms with van der Waals surface area (Å²) in [4.78, 5) is 10.6. The van der Waals surface area contributed by atoms with Crippen LogP contribution in [0.1, 0.15) is 51.0 Å². The average Bonchev–Trinajstić information content (AvgIpc) is 3.34. The minimum Gasteiger partial charge on any atom is -0.493 e. The Bertz CT molecular complexity index is 1170. The fourth-order valence-electron chi connectivity index (χ4n) is 6.04. The van der Waals surface area contributed by atoms with Crippen molar-refractivity contribution in [1.29, 1.82) is 0 Å². The predicted octanol–water partition coefficient (Wildman–Crippen LogP) is 5.34. The first kappa shape index (κ1) is 24.1. The number of hydrogen-bond acceptors (Lipinski definition) is 5. The second kappa shape index (κ2) is 10.2. The zero-order valence-corrected chi connectivity index (χ0v) is 21.2. The minimum absolute atomic E-state index is 0.162. The summed E-state index contributed by atoms with van der Waals surface area (Å²) in [5, 5.41) is 3.48. The van der Waals surface area contributed by atoms with E-state index in [1.54, 1.807) is 14.2 Å². The van der Waals surface area contributed by atoms with Gasteiger partial charge in [0.05, 0.1) is 19.7 Å². The van der Waals surface area contributed by atoms with Gasteiger partial charge in [-0.15, -0.1) is 0 Å². The number of aromatic nitrogens is 2. The molecule has 0 spiro atoms. The van der Waals surface area contributed by atoms with Crippen LogP contribution in [0.15, 0.2) is 30.3 Å². The molecular formula is C28H37FN4O2. The Morgan fingerprint density at radius 3 is 2.51 bits per heavy atom. The number of piperidine rings is 2. The van der Waals surface area contributed by atoms with Crippen LogP contribution in [0.5, 0.6) is 11.5 Å². The van der Waals surface area contributed by atoms with E-state index in [1.165, 1.54) is 12.8 Å². The van der Waals surface area contributed by atoms with Gasteiger partial charge in [-0.05, 0) is 87.0 Å². The minimum atomic E-state index is -0.162. The zero-order chi connectivity index (χ0) is 24.5. The van der Waals surface area contributed by atoms with Crippen LogP contribution in [0.4, 0.5) is 4.39 Å². The van der Waals surface area contributed by atoms with Crippen molar-refractivity contribution in [2.75, 3.05) is 33.9 Å². The number of fused-ring (bicyclic) bond motifs is 1. The van der Waals surface area contributed by atoms with Crippen molar-refractivity contribution in [3.8, 4) is 22.9 Å². The standard InChI is InChI=1S/C28H37FN4O2/c1-17(2)23-15-18(11-14-33(23)20-9-12-30-13-10-20)21-6-7-22-27(26(21)29)32-28(31-22)19-5-8-24(34-3)25(16-19)35-4/h5-8,16-18,20,23,30H,9-15H2,1-4H3,(H,31,32)/t18?,23-/m1/s1. The molecule has 2 aromatic carbocycles. The molecule has 2 atom stereocenters. The number of aromatic amines is 1. The van der Waals surface area contributed by atoms with Gasteiger partial charge in [0, 0.05) is 17.6 Å². The van der Waals surface area contributed by atoms with Crippen LogP contribution in [0, 0.1) is 11.7 Å². The summed E-state index contributed by atoms with van der Waals surface area (Å²) in [7, 11) is 3.21. The highest BCUT2D eigenvalue weighted by atomic mass is 19.1. The summed E-state index contributed by atoms with van der Waals surface area (Å²) in [6.45, 7) is 7.86. The number of hydrogen-bond donors (Lipinski definition) is 2. The van der Waals surface area contributed by atoms with Crippen LogP contribution in [0.25, 0.3) is 22.4 Å². The van der Waals surface area contributed by atoms with E-state index in [2.05, 4.69) is 34.0 Å². The highest BCUT2D eigenvalue weighted by Gasteiger charge is 2.36. The molecule has 2 saturated heterocycles. The van der Waals surface area contributed by atoms with Gasteiger partial charge in [0.25, 0.3) is 0 Å². The molecule has 3 heterocycles. The molecule has 1 aromatic heterocycles. The quantitative estimate of drug-likeness (QED) is 0.499. The van der Waals surface area contributed by atoms with Crippen molar-refractivity contribution < 1.29 is 13.9 Å². The summed E-state index contributed by atoms with van der Waals surface area (Å²) in [6, 6.07) is 10.6. The van der Waals surface area contributed by atoms with Crippen LogP contribution in [0.3, 0.4) is 0 Å². The Kier molecular flexibility index (Phi) is 6.98. The van der Waals surface area contributed by atoms with E-state index in [0.29, 0.717) is 46.4 Å². The van der Waals surface area contributed by atoms with Crippen LogP contribution in [0.2, 0.25) is 0 Å². The molecule has 2 aliphatic heterocycles. The van der Waals surface area contributed by atoms with Crippen LogP contribution < -0.4 is 14.8 Å². The van der Waals surface area contributed by atoms with E-state index >= 15 is 4.39 Å². The SMILES string of the molecule is COc1ccc(-c2nc3ccc(C4CCN(C5CCNCC5)[C@@H](C(C)C)C4)c(F)c3[nH]2)cc1OC. The van der Waals surface area contributed by atoms with E-state index in [-0.39, 0.29) is 11.7 Å². The fraction of sp³-hybridized carbons (Fsp3) is 0.536. The predicted molar refractivity (Wildman–Crippen MR) is 138 cm³/mol. The first-order valence-corrected chi connectivity index (χ1v) is 12.9. The lowest BCUT2D eigenvalue weighted by Crippen LogP contribution is -2.53. The van der Waals surface area contributed by atoms with Gasteiger partial charge < -0.3 is 19.8 Å².